The number of pyridine rings is 2. The normalized spacial score (nSPS) is 19.2. The Morgan fingerprint density at radius 2 is 1.90 bits per heavy atom. The molecular formula is C50H59FN8O7S. The molecule has 354 valence electrons. The van der Waals surface area contributed by atoms with E-state index in [0.29, 0.717) is 50.1 Å². The fourth-order valence-electron chi connectivity index (χ4n) is 10.1. The Kier molecular flexibility index (Phi) is 13.6. The van der Waals surface area contributed by atoms with E-state index in [9.17, 15) is 32.8 Å². The van der Waals surface area contributed by atoms with Gasteiger partial charge in [0, 0.05) is 62.8 Å². The van der Waals surface area contributed by atoms with Crippen molar-refractivity contribution in [2.24, 2.45) is 5.41 Å². The molecule has 3 fully saturated rings. The lowest BCUT2D eigenvalue weighted by atomic mass is 9.70. The summed E-state index contributed by atoms with van der Waals surface area (Å²) in [5.74, 6) is 1.54. The fourth-order valence-corrected chi connectivity index (χ4v) is 11.0. The number of halogens is 1. The first-order valence-electron chi connectivity index (χ1n) is 23.2. The number of likely N-dealkylation sites (tertiary alicyclic amines) is 1. The summed E-state index contributed by atoms with van der Waals surface area (Å²) in [5, 5.41) is 25.3. The highest BCUT2D eigenvalue weighted by atomic mass is 32.2. The summed E-state index contributed by atoms with van der Waals surface area (Å²) in [6.45, 7) is 12.1. The third-order valence-corrected chi connectivity index (χ3v) is 15.4. The maximum atomic E-state index is 14.8. The van der Waals surface area contributed by atoms with Crippen LogP contribution in [0.25, 0.3) is 11.0 Å². The molecule has 1 saturated carbocycles. The number of fused-ring (bicyclic) bond motifs is 1. The van der Waals surface area contributed by atoms with Crippen molar-refractivity contribution in [3.8, 4) is 23.8 Å². The number of amides is 1. The van der Waals surface area contributed by atoms with E-state index in [-0.39, 0.29) is 45.0 Å². The molecule has 1 spiro atoms. The smallest absolute Gasteiger partial charge is 0.312 e. The first-order chi connectivity index (χ1) is 32.0. The molecule has 0 unspecified atom stereocenters. The van der Waals surface area contributed by atoms with E-state index in [1.807, 2.05) is 11.6 Å². The molecular weight excluding hydrogens is 876 g/mol. The minimum absolute atomic E-state index is 0.0188. The number of aliphatic hydroxyl groups is 1. The number of benzene rings is 2. The molecule has 5 aromatic rings. The van der Waals surface area contributed by atoms with Gasteiger partial charge in [-0.1, -0.05) is 51.5 Å². The van der Waals surface area contributed by atoms with Crippen LogP contribution in [0.1, 0.15) is 124 Å². The number of terminal acetylenes is 1. The van der Waals surface area contributed by atoms with Gasteiger partial charge in [-0.3, -0.25) is 19.8 Å². The first kappa shape index (κ1) is 47.4. The van der Waals surface area contributed by atoms with Gasteiger partial charge in [0.2, 0.25) is 5.82 Å². The molecule has 1 amide bonds. The van der Waals surface area contributed by atoms with Crippen molar-refractivity contribution in [1.29, 1.82) is 0 Å². The van der Waals surface area contributed by atoms with E-state index in [1.165, 1.54) is 42.5 Å². The van der Waals surface area contributed by atoms with Crippen molar-refractivity contribution in [3.05, 3.63) is 105 Å². The SMILES string of the molecule is C#Cc1nc2[nH]cc(F)c2cc1Oc1cc(N2CCC3(CC2)CN([C@@H]2CCC[C@@H]2c2ccccc2C(C)C)C3)ccc1C(=O)NS(=O)(=O)c1cnc(NCCCC[C@](C)(O)CC)c([N+](=O)[O-])c1. The molecule has 2 saturated heterocycles. The number of anilines is 2. The Morgan fingerprint density at radius 1 is 1.13 bits per heavy atom. The van der Waals surface area contributed by atoms with Crippen LogP contribution in [-0.4, -0.2) is 88.6 Å². The van der Waals surface area contributed by atoms with Crippen LogP contribution >= 0.6 is 0 Å². The summed E-state index contributed by atoms with van der Waals surface area (Å²) in [6.07, 6.45) is 15.8. The van der Waals surface area contributed by atoms with Gasteiger partial charge in [0.25, 0.3) is 15.9 Å². The van der Waals surface area contributed by atoms with Crippen molar-refractivity contribution in [2.45, 2.75) is 114 Å². The van der Waals surface area contributed by atoms with Crippen molar-refractivity contribution in [3.63, 3.8) is 0 Å². The standard InChI is InChI=1S/C50H59FN8O7S/c1-6-41-45(27-39-40(51)29-54-46(39)55-41)66-44-25-33(57-23-20-50(21-24-57)30-58(31-50)42-16-12-15-37(42)36-14-9-8-13-35(36)32(3)4)17-18-38(44)48(60)56-67(64,65)34-26-43(59(62)63)47(53-28-34)52-22-11-10-19-49(5,61)7-2/h1,8-9,13-14,17-18,25-29,32,37,42,61H,7,10-12,15-16,19-24,30-31H2,2-5H3,(H,52,53)(H,54,55)(H,56,60)/t37-,42-,49-/m1/s1. The van der Waals surface area contributed by atoms with Gasteiger partial charge in [-0.05, 0) is 111 Å². The molecule has 8 rings (SSSR count). The van der Waals surface area contributed by atoms with Crippen LogP contribution in [0.3, 0.4) is 0 Å². The number of sulfonamides is 1. The Labute approximate surface area is 391 Å². The maximum Gasteiger partial charge on any atom is 0.312 e. The number of H-pyrrole nitrogens is 1. The van der Waals surface area contributed by atoms with Gasteiger partial charge in [0.15, 0.2) is 11.4 Å². The lowest BCUT2D eigenvalue weighted by Gasteiger charge is -2.57. The van der Waals surface area contributed by atoms with Gasteiger partial charge >= 0.3 is 5.69 Å². The fraction of sp³-hybridized carbons (Fsp3) is 0.460. The van der Waals surface area contributed by atoms with E-state index in [2.05, 4.69) is 74.1 Å². The summed E-state index contributed by atoms with van der Waals surface area (Å²) in [4.78, 5) is 40.7. The van der Waals surface area contributed by atoms with Gasteiger partial charge in [-0.2, -0.15) is 0 Å². The summed E-state index contributed by atoms with van der Waals surface area (Å²) >= 11 is 0. The van der Waals surface area contributed by atoms with E-state index in [0.717, 1.165) is 63.2 Å². The molecule has 0 bridgehead atoms. The minimum Gasteiger partial charge on any atom is -0.453 e. The van der Waals surface area contributed by atoms with Crippen molar-refractivity contribution in [1.82, 2.24) is 24.6 Å². The zero-order chi connectivity index (χ0) is 47.7. The second kappa shape index (κ2) is 19.3. The van der Waals surface area contributed by atoms with E-state index in [4.69, 9.17) is 11.2 Å². The first-order valence-corrected chi connectivity index (χ1v) is 24.7. The highest BCUT2D eigenvalue weighted by molar-refractivity contribution is 7.90. The van der Waals surface area contributed by atoms with Crippen LogP contribution in [0.15, 0.2) is 71.9 Å². The molecule has 2 aromatic carbocycles. The average Bonchev–Trinajstić information content (AvgIpc) is 3.93. The minimum atomic E-state index is -4.73. The maximum absolute atomic E-state index is 14.8. The number of nitrogens with zero attached hydrogens (tertiary/aromatic N) is 5. The van der Waals surface area contributed by atoms with Gasteiger partial charge in [-0.15, -0.1) is 6.42 Å². The predicted molar refractivity (Wildman–Crippen MR) is 256 cm³/mol. The number of unbranched alkanes of at least 4 members (excludes halogenated alkanes) is 1. The van der Waals surface area contributed by atoms with Crippen LogP contribution in [0, 0.1) is 33.7 Å². The van der Waals surface area contributed by atoms with Gasteiger partial charge in [0.05, 0.1) is 27.7 Å². The number of nitro groups is 1. The van der Waals surface area contributed by atoms with Crippen LogP contribution in [0.2, 0.25) is 0 Å². The zero-order valence-electron chi connectivity index (χ0n) is 38.5. The summed E-state index contributed by atoms with van der Waals surface area (Å²) in [7, 11) is -4.73. The number of carbonyl (C=O) groups is 1. The molecule has 0 radical (unpaired) electrons. The summed E-state index contributed by atoms with van der Waals surface area (Å²) < 4.78 is 50.6. The number of nitrogens with one attached hydrogen (secondary N) is 3. The predicted octanol–water partition coefficient (Wildman–Crippen LogP) is 9.00. The molecule has 3 atom stereocenters. The zero-order valence-corrected chi connectivity index (χ0v) is 39.3. The van der Waals surface area contributed by atoms with Crippen LogP contribution in [0.5, 0.6) is 11.5 Å². The molecule has 17 heteroatoms. The Bertz CT molecular complexity index is 2810. The van der Waals surface area contributed by atoms with Crippen molar-refractivity contribution in [2.75, 3.05) is 42.9 Å². The Hall–Kier alpha value is -6.09. The average molecular weight is 935 g/mol. The lowest BCUT2D eigenvalue weighted by molar-refractivity contribution is -0.384. The summed E-state index contributed by atoms with van der Waals surface area (Å²) in [6, 6.07) is 16.5. The number of hydrogen-bond acceptors (Lipinski definition) is 12. The monoisotopic (exact) mass is 934 g/mol. The van der Waals surface area contributed by atoms with Crippen LogP contribution < -0.4 is 19.7 Å². The number of aromatic amines is 1. The molecule has 3 aromatic heterocycles. The third kappa shape index (κ3) is 10.1. The number of carbonyl (C=O) groups excluding carboxylic acids is 1. The van der Waals surface area contributed by atoms with Crippen molar-refractivity contribution >= 4 is 44.2 Å². The van der Waals surface area contributed by atoms with Gasteiger partial charge in [0.1, 0.15) is 22.1 Å². The van der Waals surface area contributed by atoms with Crippen LogP contribution in [-0.2, 0) is 10.0 Å². The third-order valence-electron chi connectivity index (χ3n) is 14.2. The van der Waals surface area contributed by atoms with Crippen molar-refractivity contribution < 1.29 is 32.4 Å². The highest BCUT2D eigenvalue weighted by Crippen LogP contribution is 2.49. The second-order valence-electron chi connectivity index (χ2n) is 19.0. The number of hydrogen-bond donors (Lipinski definition) is 4. The molecule has 2 aliphatic heterocycles. The molecule has 3 aliphatic rings. The number of piperidine rings is 1. The van der Waals surface area contributed by atoms with Crippen LogP contribution in [0.4, 0.5) is 21.6 Å². The van der Waals surface area contributed by atoms with E-state index < -0.39 is 42.9 Å². The molecule has 1 aliphatic carbocycles. The molecule has 4 N–H and O–H groups in total. The number of ether oxygens (including phenoxy) is 1. The molecule has 5 heterocycles. The highest BCUT2D eigenvalue weighted by Gasteiger charge is 2.49. The number of aromatic nitrogens is 3. The summed E-state index contributed by atoms with van der Waals surface area (Å²) in [5.41, 5.74) is 2.49. The number of rotatable bonds is 17. The lowest BCUT2D eigenvalue weighted by Crippen LogP contribution is -2.63. The molecule has 67 heavy (non-hydrogen) atoms. The molecule has 15 nitrogen and oxygen atoms in total. The van der Waals surface area contributed by atoms with Gasteiger partial charge in [-0.25, -0.2) is 27.5 Å². The van der Waals surface area contributed by atoms with E-state index >= 15 is 0 Å². The second-order valence-corrected chi connectivity index (χ2v) is 20.7. The Morgan fingerprint density at radius 3 is 2.61 bits per heavy atom. The van der Waals surface area contributed by atoms with E-state index in [1.54, 1.807) is 19.1 Å². The topological polar surface area (TPSA) is 196 Å². The Balaban J connectivity index is 0.995. The quantitative estimate of drug-likeness (QED) is 0.0300. The van der Waals surface area contributed by atoms with Gasteiger partial charge < -0.3 is 25.0 Å². The largest absolute Gasteiger partial charge is 0.453 e.